The third kappa shape index (κ3) is 4.00. The van der Waals surface area contributed by atoms with Crippen LogP contribution in [0.25, 0.3) is 99.2 Å². The molecule has 0 N–H and O–H groups in total. The summed E-state index contributed by atoms with van der Waals surface area (Å²) >= 11 is 0. The molecule has 0 radical (unpaired) electrons. The molecule has 0 atom stereocenters. The van der Waals surface area contributed by atoms with Gasteiger partial charge in [0.2, 0.25) is 0 Å². The predicted molar refractivity (Wildman–Crippen MR) is 200 cm³/mol. The first-order chi connectivity index (χ1) is 23.8. The van der Waals surface area contributed by atoms with Crippen LogP contribution >= 0.6 is 0 Å². The van der Waals surface area contributed by atoms with E-state index in [-0.39, 0.29) is 0 Å². The van der Waals surface area contributed by atoms with Gasteiger partial charge in [-0.1, -0.05) is 152 Å². The Labute approximate surface area is 277 Å². The number of furan rings is 2. The molecule has 8 aromatic carbocycles. The Morgan fingerprint density at radius 1 is 0.271 bits per heavy atom. The Hall–Kier alpha value is -6.38. The standard InChI is InChI=1S/C46H28O2/c1-3-13-29(14-4-1)41-33-17-7-9-19-35(33)42(36-20-10-8-18-34(36)41)30-23-25-31(26-24-30)43-38-27-28-40-44(37-21-11-12-22-39(37)47-40)46(38)48-45(43)32-15-5-2-6-16-32/h1-28H. The molecule has 224 valence electrons. The van der Waals surface area contributed by atoms with Crippen molar-refractivity contribution < 1.29 is 8.83 Å². The summed E-state index contributed by atoms with van der Waals surface area (Å²) in [6.07, 6.45) is 0. The summed E-state index contributed by atoms with van der Waals surface area (Å²) in [5, 5.41) is 8.15. The van der Waals surface area contributed by atoms with Gasteiger partial charge in [0.1, 0.15) is 22.5 Å². The minimum atomic E-state index is 0.830. The molecule has 0 saturated heterocycles. The topological polar surface area (TPSA) is 26.3 Å². The van der Waals surface area contributed by atoms with Gasteiger partial charge in [-0.25, -0.2) is 0 Å². The van der Waals surface area contributed by atoms with Crippen LogP contribution in [0.3, 0.4) is 0 Å². The van der Waals surface area contributed by atoms with Gasteiger partial charge < -0.3 is 8.83 Å². The van der Waals surface area contributed by atoms with Crippen LogP contribution in [-0.4, -0.2) is 0 Å². The molecule has 10 aromatic rings. The fourth-order valence-corrected chi connectivity index (χ4v) is 7.60. The third-order valence-electron chi connectivity index (χ3n) is 9.69. The van der Waals surface area contributed by atoms with Crippen molar-refractivity contribution in [1.82, 2.24) is 0 Å². The first-order valence-electron chi connectivity index (χ1n) is 16.4. The summed E-state index contributed by atoms with van der Waals surface area (Å²) in [6.45, 7) is 0. The third-order valence-corrected chi connectivity index (χ3v) is 9.69. The van der Waals surface area contributed by atoms with Gasteiger partial charge in [0.05, 0.1) is 5.39 Å². The van der Waals surface area contributed by atoms with E-state index in [9.17, 15) is 0 Å². The Kier molecular flexibility index (Phi) is 5.91. The van der Waals surface area contributed by atoms with Crippen LogP contribution in [-0.2, 0) is 0 Å². The molecule has 2 heterocycles. The first-order valence-corrected chi connectivity index (χ1v) is 16.4. The minimum Gasteiger partial charge on any atom is -0.456 e. The Morgan fingerprint density at radius 3 is 1.31 bits per heavy atom. The van der Waals surface area contributed by atoms with Crippen molar-refractivity contribution in [2.24, 2.45) is 0 Å². The molecule has 2 aromatic heterocycles. The Morgan fingerprint density at radius 2 is 0.729 bits per heavy atom. The van der Waals surface area contributed by atoms with Crippen LogP contribution in [0.5, 0.6) is 0 Å². The van der Waals surface area contributed by atoms with Gasteiger partial charge in [0.25, 0.3) is 0 Å². The highest BCUT2D eigenvalue weighted by Crippen LogP contribution is 2.47. The quantitative estimate of drug-likeness (QED) is 0.185. The van der Waals surface area contributed by atoms with Crippen molar-refractivity contribution >= 4 is 54.5 Å². The van der Waals surface area contributed by atoms with Gasteiger partial charge in [-0.2, -0.15) is 0 Å². The number of rotatable bonds is 4. The highest BCUT2D eigenvalue weighted by molar-refractivity contribution is 6.22. The second-order valence-electron chi connectivity index (χ2n) is 12.4. The zero-order valence-electron chi connectivity index (χ0n) is 26.0. The van der Waals surface area contributed by atoms with Crippen molar-refractivity contribution in [3.05, 3.63) is 170 Å². The molecule has 10 rings (SSSR count). The summed E-state index contributed by atoms with van der Waals surface area (Å²) in [6, 6.07) is 60.2. The maximum Gasteiger partial charge on any atom is 0.147 e. The lowest BCUT2D eigenvalue weighted by Gasteiger charge is -2.18. The lowest BCUT2D eigenvalue weighted by molar-refractivity contribution is 0.634. The zero-order chi connectivity index (χ0) is 31.6. The van der Waals surface area contributed by atoms with Crippen LogP contribution < -0.4 is 0 Å². The van der Waals surface area contributed by atoms with E-state index in [0.29, 0.717) is 0 Å². The van der Waals surface area contributed by atoms with Gasteiger partial charge >= 0.3 is 0 Å². The van der Waals surface area contributed by atoms with E-state index in [1.165, 1.54) is 43.8 Å². The second kappa shape index (κ2) is 10.6. The van der Waals surface area contributed by atoms with Gasteiger partial charge in [-0.15, -0.1) is 0 Å². The van der Waals surface area contributed by atoms with Crippen molar-refractivity contribution in [3.63, 3.8) is 0 Å². The number of hydrogen-bond donors (Lipinski definition) is 0. The molecule has 48 heavy (non-hydrogen) atoms. The minimum absolute atomic E-state index is 0.830. The maximum atomic E-state index is 6.84. The summed E-state index contributed by atoms with van der Waals surface area (Å²) in [4.78, 5) is 0. The smallest absolute Gasteiger partial charge is 0.147 e. The second-order valence-corrected chi connectivity index (χ2v) is 12.4. The van der Waals surface area contributed by atoms with Crippen molar-refractivity contribution in [2.45, 2.75) is 0 Å². The molecular formula is C46H28O2. The molecule has 0 aliphatic carbocycles. The Bertz CT molecular complexity index is 2750. The van der Waals surface area contributed by atoms with E-state index in [2.05, 4.69) is 152 Å². The number of benzene rings is 8. The zero-order valence-corrected chi connectivity index (χ0v) is 26.0. The molecule has 2 heteroatoms. The van der Waals surface area contributed by atoms with Crippen molar-refractivity contribution in [2.75, 3.05) is 0 Å². The highest BCUT2D eigenvalue weighted by atomic mass is 16.3. The highest BCUT2D eigenvalue weighted by Gasteiger charge is 2.23. The fourth-order valence-electron chi connectivity index (χ4n) is 7.60. The average Bonchev–Trinajstić information content (AvgIpc) is 3.73. The largest absolute Gasteiger partial charge is 0.456 e. The SMILES string of the molecule is c1ccc(-c2oc3c(ccc4oc5ccccc5c43)c2-c2ccc(-c3c4ccccc4c(-c4ccccc4)c4ccccc34)cc2)cc1. The van der Waals surface area contributed by atoms with E-state index < -0.39 is 0 Å². The first kappa shape index (κ1) is 26.8. The molecule has 0 aliphatic heterocycles. The number of para-hydroxylation sites is 1. The molecule has 0 aliphatic rings. The van der Waals surface area contributed by atoms with Crippen LogP contribution in [0.4, 0.5) is 0 Å². The monoisotopic (exact) mass is 612 g/mol. The summed E-state index contributed by atoms with van der Waals surface area (Å²) < 4.78 is 13.1. The fraction of sp³-hybridized carbons (Fsp3) is 0. The maximum absolute atomic E-state index is 6.84. The molecule has 0 bridgehead atoms. The van der Waals surface area contributed by atoms with Crippen LogP contribution in [0.1, 0.15) is 0 Å². The van der Waals surface area contributed by atoms with Gasteiger partial charge in [0.15, 0.2) is 0 Å². The van der Waals surface area contributed by atoms with Gasteiger partial charge in [-0.05, 0) is 67.6 Å². The lowest BCUT2D eigenvalue weighted by Crippen LogP contribution is -1.90. The van der Waals surface area contributed by atoms with E-state index in [4.69, 9.17) is 8.83 Å². The van der Waals surface area contributed by atoms with E-state index in [1.807, 2.05) is 18.2 Å². The molecule has 0 amide bonds. The predicted octanol–water partition coefficient (Wildman–Crippen LogP) is 13.3. The number of fused-ring (bicyclic) bond motifs is 7. The van der Waals surface area contributed by atoms with Crippen LogP contribution in [0, 0.1) is 0 Å². The van der Waals surface area contributed by atoms with Crippen LogP contribution in [0.15, 0.2) is 179 Å². The van der Waals surface area contributed by atoms with Gasteiger partial charge in [0, 0.05) is 21.9 Å². The molecular weight excluding hydrogens is 585 g/mol. The normalized spacial score (nSPS) is 11.8. The van der Waals surface area contributed by atoms with Gasteiger partial charge in [-0.3, -0.25) is 0 Å². The lowest BCUT2D eigenvalue weighted by atomic mass is 9.85. The molecule has 0 saturated carbocycles. The summed E-state index contributed by atoms with van der Waals surface area (Å²) in [5.41, 5.74) is 10.7. The van der Waals surface area contributed by atoms with E-state index in [1.54, 1.807) is 0 Å². The molecule has 2 nitrogen and oxygen atoms in total. The molecule has 0 unspecified atom stereocenters. The van der Waals surface area contributed by atoms with Crippen molar-refractivity contribution in [1.29, 1.82) is 0 Å². The molecule has 0 spiro atoms. The molecule has 0 fully saturated rings. The van der Waals surface area contributed by atoms with E-state index in [0.717, 1.165) is 55.4 Å². The number of hydrogen-bond acceptors (Lipinski definition) is 2. The summed E-state index contributed by atoms with van der Waals surface area (Å²) in [7, 11) is 0. The summed E-state index contributed by atoms with van der Waals surface area (Å²) in [5.74, 6) is 0.860. The average molecular weight is 613 g/mol. The Balaban J connectivity index is 1.21. The van der Waals surface area contributed by atoms with Crippen molar-refractivity contribution in [3.8, 4) is 44.7 Å². The van der Waals surface area contributed by atoms with E-state index >= 15 is 0 Å². The van der Waals surface area contributed by atoms with Crippen LogP contribution in [0.2, 0.25) is 0 Å².